The minimum absolute atomic E-state index is 0.242. The van der Waals surface area contributed by atoms with E-state index in [1.165, 1.54) is 17.8 Å². The van der Waals surface area contributed by atoms with E-state index in [0.29, 0.717) is 6.42 Å². The molecule has 1 saturated heterocycles. The fourth-order valence-corrected chi connectivity index (χ4v) is 4.25. The van der Waals surface area contributed by atoms with Gasteiger partial charge in [-0.2, -0.15) is 4.39 Å². The molecule has 0 radical (unpaired) electrons. The SMILES string of the molecule is CC(CC1CN(C)CC1c1ccc(-c2ccc(F)nc2)cc1)S(N)(=O)=O. The fourth-order valence-electron chi connectivity index (χ4n) is 3.73. The average molecular weight is 377 g/mol. The van der Waals surface area contributed by atoms with Crippen molar-refractivity contribution >= 4 is 10.0 Å². The summed E-state index contributed by atoms with van der Waals surface area (Å²) in [6.45, 7) is 3.42. The van der Waals surface area contributed by atoms with Crippen molar-refractivity contribution in [3.63, 3.8) is 0 Å². The van der Waals surface area contributed by atoms with E-state index in [2.05, 4.69) is 22.0 Å². The molecule has 1 fully saturated rings. The number of pyridine rings is 1. The van der Waals surface area contributed by atoms with E-state index in [-0.39, 0.29) is 11.8 Å². The van der Waals surface area contributed by atoms with Crippen molar-refractivity contribution in [1.82, 2.24) is 9.88 Å². The molecule has 0 bridgehead atoms. The Balaban J connectivity index is 1.79. The van der Waals surface area contributed by atoms with Crippen LogP contribution in [0.3, 0.4) is 0 Å². The summed E-state index contributed by atoms with van der Waals surface area (Å²) in [6, 6.07) is 11.2. The van der Waals surface area contributed by atoms with E-state index < -0.39 is 21.2 Å². The fraction of sp³-hybridized carbons (Fsp3) is 0.421. The summed E-state index contributed by atoms with van der Waals surface area (Å²) in [5.74, 6) is 0.0161. The normalized spacial score (nSPS) is 22.5. The number of benzene rings is 1. The number of halogens is 1. The van der Waals surface area contributed by atoms with Crippen molar-refractivity contribution < 1.29 is 12.8 Å². The number of likely N-dealkylation sites (tertiary alicyclic amines) is 1. The van der Waals surface area contributed by atoms with Gasteiger partial charge in [0.15, 0.2) is 0 Å². The van der Waals surface area contributed by atoms with Gasteiger partial charge < -0.3 is 4.90 Å². The van der Waals surface area contributed by atoms with Crippen LogP contribution < -0.4 is 5.14 Å². The molecule has 3 rings (SSSR count). The number of nitrogens with two attached hydrogens (primary N) is 1. The van der Waals surface area contributed by atoms with Crippen LogP contribution in [0.2, 0.25) is 0 Å². The van der Waals surface area contributed by atoms with Gasteiger partial charge in [-0.15, -0.1) is 0 Å². The first-order valence-corrected chi connectivity index (χ1v) is 10.3. The van der Waals surface area contributed by atoms with Crippen LogP contribution >= 0.6 is 0 Å². The Labute approximate surface area is 154 Å². The molecule has 1 aromatic heterocycles. The summed E-state index contributed by atoms with van der Waals surface area (Å²) in [5.41, 5.74) is 3.02. The zero-order valence-electron chi connectivity index (χ0n) is 15.0. The summed E-state index contributed by atoms with van der Waals surface area (Å²) in [4.78, 5) is 5.92. The molecule has 7 heteroatoms. The second-order valence-electron chi connectivity index (χ2n) is 7.21. The van der Waals surface area contributed by atoms with Crippen LogP contribution in [-0.4, -0.2) is 43.7 Å². The molecule has 140 valence electrons. The van der Waals surface area contributed by atoms with Gasteiger partial charge in [0.1, 0.15) is 0 Å². The Morgan fingerprint density at radius 3 is 2.42 bits per heavy atom. The van der Waals surface area contributed by atoms with Crippen LogP contribution in [0.4, 0.5) is 4.39 Å². The minimum Gasteiger partial charge on any atom is -0.305 e. The van der Waals surface area contributed by atoms with Gasteiger partial charge >= 0.3 is 0 Å². The van der Waals surface area contributed by atoms with Gasteiger partial charge in [0.05, 0.1) is 5.25 Å². The maximum absolute atomic E-state index is 13.0. The van der Waals surface area contributed by atoms with Gasteiger partial charge in [-0.1, -0.05) is 24.3 Å². The first-order chi connectivity index (χ1) is 12.2. The summed E-state index contributed by atoms with van der Waals surface area (Å²) >= 11 is 0. The summed E-state index contributed by atoms with van der Waals surface area (Å²) in [5, 5.41) is 4.75. The Morgan fingerprint density at radius 2 is 1.85 bits per heavy atom. The number of nitrogens with zero attached hydrogens (tertiary/aromatic N) is 2. The number of hydrogen-bond acceptors (Lipinski definition) is 4. The third-order valence-corrected chi connectivity index (χ3v) is 6.53. The number of sulfonamides is 1. The van der Waals surface area contributed by atoms with Gasteiger partial charge in [0.2, 0.25) is 16.0 Å². The highest BCUT2D eigenvalue weighted by molar-refractivity contribution is 7.89. The Hall–Kier alpha value is -1.83. The maximum atomic E-state index is 13.0. The van der Waals surface area contributed by atoms with E-state index in [9.17, 15) is 12.8 Å². The predicted octanol–water partition coefficient (Wildman–Crippen LogP) is 2.60. The molecule has 2 N–H and O–H groups in total. The van der Waals surface area contributed by atoms with E-state index in [1.807, 2.05) is 19.2 Å². The van der Waals surface area contributed by atoms with Crippen molar-refractivity contribution in [3.8, 4) is 11.1 Å². The van der Waals surface area contributed by atoms with Crippen LogP contribution in [0.15, 0.2) is 42.6 Å². The summed E-state index contributed by atoms with van der Waals surface area (Å²) in [6.07, 6.45) is 2.07. The molecule has 0 amide bonds. The molecule has 0 spiro atoms. The molecule has 3 unspecified atom stereocenters. The predicted molar refractivity (Wildman–Crippen MR) is 101 cm³/mol. The molecular weight excluding hydrogens is 353 g/mol. The number of primary sulfonamides is 1. The highest BCUT2D eigenvalue weighted by atomic mass is 32.2. The van der Waals surface area contributed by atoms with Crippen LogP contribution in [0, 0.1) is 11.9 Å². The van der Waals surface area contributed by atoms with Gasteiger partial charge in [-0.25, -0.2) is 18.5 Å². The first kappa shape index (κ1) is 18.9. The van der Waals surface area contributed by atoms with Crippen LogP contribution in [-0.2, 0) is 10.0 Å². The summed E-state index contributed by atoms with van der Waals surface area (Å²) in [7, 11) is -1.47. The highest BCUT2D eigenvalue weighted by Crippen LogP contribution is 2.36. The molecule has 0 aliphatic carbocycles. The zero-order chi connectivity index (χ0) is 18.9. The molecule has 1 aliphatic heterocycles. The second kappa shape index (κ2) is 7.42. The third kappa shape index (κ3) is 4.28. The van der Waals surface area contributed by atoms with Crippen LogP contribution in [0.5, 0.6) is 0 Å². The Kier molecular flexibility index (Phi) is 5.41. The van der Waals surface area contributed by atoms with Crippen molar-refractivity contribution in [1.29, 1.82) is 0 Å². The smallest absolute Gasteiger partial charge is 0.212 e. The average Bonchev–Trinajstić information content (AvgIpc) is 2.95. The number of likely N-dealkylation sites (N-methyl/N-ethyl adjacent to an activating group) is 1. The second-order valence-corrected chi connectivity index (χ2v) is 9.20. The molecule has 1 aromatic carbocycles. The largest absolute Gasteiger partial charge is 0.305 e. The van der Waals surface area contributed by atoms with E-state index in [0.717, 1.165) is 24.2 Å². The quantitative estimate of drug-likeness (QED) is 0.813. The first-order valence-electron chi connectivity index (χ1n) is 8.66. The van der Waals surface area contributed by atoms with Gasteiger partial charge in [0, 0.05) is 30.8 Å². The molecule has 5 nitrogen and oxygen atoms in total. The lowest BCUT2D eigenvalue weighted by molar-refractivity contribution is 0.386. The van der Waals surface area contributed by atoms with Crippen molar-refractivity contribution in [2.24, 2.45) is 11.1 Å². The molecule has 2 aromatic rings. The monoisotopic (exact) mass is 377 g/mol. The lowest BCUT2D eigenvalue weighted by Gasteiger charge is -2.21. The van der Waals surface area contributed by atoms with Gasteiger partial charge in [-0.05, 0) is 49.6 Å². The minimum atomic E-state index is -3.52. The van der Waals surface area contributed by atoms with Crippen molar-refractivity contribution in [2.75, 3.05) is 20.1 Å². The van der Waals surface area contributed by atoms with E-state index in [4.69, 9.17) is 5.14 Å². The molecule has 0 saturated carbocycles. The molecule has 2 heterocycles. The Bertz CT molecular complexity index is 853. The van der Waals surface area contributed by atoms with Crippen LogP contribution in [0.1, 0.15) is 24.8 Å². The molecular formula is C19H24FN3O2S. The topological polar surface area (TPSA) is 76.3 Å². The molecule has 26 heavy (non-hydrogen) atoms. The maximum Gasteiger partial charge on any atom is 0.212 e. The number of aromatic nitrogens is 1. The van der Waals surface area contributed by atoms with E-state index >= 15 is 0 Å². The van der Waals surface area contributed by atoms with Gasteiger partial charge in [0.25, 0.3) is 0 Å². The van der Waals surface area contributed by atoms with Crippen molar-refractivity contribution in [2.45, 2.75) is 24.5 Å². The molecule has 3 atom stereocenters. The number of hydrogen-bond donors (Lipinski definition) is 1. The molecule has 1 aliphatic rings. The zero-order valence-corrected chi connectivity index (χ0v) is 15.8. The lowest BCUT2D eigenvalue weighted by atomic mass is 9.85. The van der Waals surface area contributed by atoms with Crippen molar-refractivity contribution in [3.05, 3.63) is 54.1 Å². The Morgan fingerprint density at radius 1 is 1.19 bits per heavy atom. The highest BCUT2D eigenvalue weighted by Gasteiger charge is 2.34. The lowest BCUT2D eigenvalue weighted by Crippen LogP contribution is -2.29. The number of rotatable bonds is 5. The standard InChI is InChI=1S/C19H24FN3O2S/c1-13(26(21,24)25)9-17-11-23(2)12-18(17)15-5-3-14(4-6-15)16-7-8-19(20)22-10-16/h3-8,10,13,17-18H,9,11-12H2,1-2H3,(H2,21,24,25). The third-order valence-electron chi connectivity index (χ3n) is 5.22. The van der Waals surface area contributed by atoms with E-state index in [1.54, 1.807) is 13.0 Å². The summed E-state index contributed by atoms with van der Waals surface area (Å²) < 4.78 is 36.2. The van der Waals surface area contributed by atoms with Crippen LogP contribution in [0.25, 0.3) is 11.1 Å². The van der Waals surface area contributed by atoms with Gasteiger partial charge in [-0.3, -0.25) is 0 Å².